The molecule has 7 heteroatoms. The lowest BCUT2D eigenvalue weighted by molar-refractivity contribution is -0.133. The van der Waals surface area contributed by atoms with Crippen LogP contribution in [0.25, 0.3) is 10.2 Å². The molecule has 1 aromatic carbocycles. The third-order valence-corrected chi connectivity index (χ3v) is 5.18. The topological polar surface area (TPSA) is 55.2 Å². The monoisotopic (exact) mass is 357 g/mol. The summed E-state index contributed by atoms with van der Waals surface area (Å²) in [6.07, 6.45) is 3.24. The fraction of sp³-hybridized carbons (Fsp3) is 0.278. The van der Waals surface area contributed by atoms with Crippen molar-refractivity contribution in [3.8, 4) is 0 Å². The van der Waals surface area contributed by atoms with E-state index < -0.39 is 0 Å². The number of rotatable bonds is 5. The average Bonchev–Trinajstić information content (AvgIpc) is 3.33. The first-order valence-electron chi connectivity index (χ1n) is 8.09. The highest BCUT2D eigenvalue weighted by Gasteiger charge is 2.33. The quantitative estimate of drug-likeness (QED) is 0.706. The Morgan fingerprint density at radius 1 is 1.32 bits per heavy atom. The Morgan fingerprint density at radius 3 is 2.88 bits per heavy atom. The smallest absolute Gasteiger partial charge is 0.262 e. The molecule has 1 amide bonds. The number of carbonyl (C=O) groups is 1. The summed E-state index contributed by atoms with van der Waals surface area (Å²) in [4.78, 5) is 31.8. The number of aromatic nitrogens is 2. The molecular formula is C18H16FN3O2S. The van der Waals surface area contributed by atoms with Crippen LogP contribution in [-0.4, -0.2) is 26.4 Å². The molecule has 0 bridgehead atoms. The van der Waals surface area contributed by atoms with E-state index in [1.165, 1.54) is 28.3 Å². The SMILES string of the molecule is O=C(Cn1cnc2sccc2c1=O)N(Cc1ccccc1F)C1CC1. The third kappa shape index (κ3) is 3.19. The second-order valence-electron chi connectivity index (χ2n) is 6.16. The van der Waals surface area contributed by atoms with Crippen LogP contribution in [0.4, 0.5) is 4.39 Å². The van der Waals surface area contributed by atoms with Crippen LogP contribution in [0.5, 0.6) is 0 Å². The van der Waals surface area contributed by atoms with Gasteiger partial charge in [-0.25, -0.2) is 9.37 Å². The van der Waals surface area contributed by atoms with E-state index in [-0.39, 0.29) is 36.4 Å². The number of fused-ring (bicyclic) bond motifs is 1. The van der Waals surface area contributed by atoms with Gasteiger partial charge in [-0.1, -0.05) is 18.2 Å². The van der Waals surface area contributed by atoms with Crippen LogP contribution in [0.2, 0.25) is 0 Å². The van der Waals surface area contributed by atoms with Crippen LogP contribution in [-0.2, 0) is 17.9 Å². The normalized spacial score (nSPS) is 14.0. The van der Waals surface area contributed by atoms with Gasteiger partial charge in [0.1, 0.15) is 17.2 Å². The van der Waals surface area contributed by atoms with Crippen LogP contribution in [0.1, 0.15) is 18.4 Å². The Labute approximate surface area is 147 Å². The predicted molar refractivity (Wildman–Crippen MR) is 93.9 cm³/mol. The fourth-order valence-electron chi connectivity index (χ4n) is 2.86. The maximum atomic E-state index is 13.9. The number of hydrogen-bond acceptors (Lipinski definition) is 4. The maximum absolute atomic E-state index is 13.9. The van der Waals surface area contributed by atoms with Gasteiger partial charge in [0.25, 0.3) is 5.56 Å². The molecule has 0 atom stereocenters. The molecule has 25 heavy (non-hydrogen) atoms. The molecule has 1 saturated carbocycles. The number of carbonyl (C=O) groups excluding carboxylic acids is 1. The second-order valence-corrected chi connectivity index (χ2v) is 7.06. The Bertz CT molecular complexity index is 993. The summed E-state index contributed by atoms with van der Waals surface area (Å²) in [6.45, 7) is 0.140. The van der Waals surface area contributed by atoms with Crippen LogP contribution >= 0.6 is 11.3 Å². The Morgan fingerprint density at radius 2 is 2.12 bits per heavy atom. The molecule has 0 spiro atoms. The summed E-state index contributed by atoms with van der Waals surface area (Å²) in [7, 11) is 0. The molecule has 1 fully saturated rings. The Kier molecular flexibility index (Phi) is 4.09. The van der Waals surface area contributed by atoms with Crippen LogP contribution in [0, 0.1) is 5.82 Å². The van der Waals surface area contributed by atoms with E-state index in [1.807, 2.05) is 0 Å². The second kappa shape index (κ2) is 6.40. The summed E-state index contributed by atoms with van der Waals surface area (Å²) in [5.41, 5.74) is 0.266. The Balaban J connectivity index is 1.57. The van der Waals surface area contributed by atoms with E-state index >= 15 is 0 Å². The van der Waals surface area contributed by atoms with Crippen molar-refractivity contribution >= 4 is 27.5 Å². The van der Waals surface area contributed by atoms with E-state index in [0.29, 0.717) is 15.8 Å². The maximum Gasteiger partial charge on any atom is 0.262 e. The number of halogens is 1. The molecule has 4 rings (SSSR count). The first kappa shape index (κ1) is 16.0. The molecular weight excluding hydrogens is 341 g/mol. The number of benzene rings is 1. The summed E-state index contributed by atoms with van der Waals surface area (Å²) >= 11 is 1.39. The van der Waals surface area contributed by atoms with E-state index in [1.54, 1.807) is 34.5 Å². The number of nitrogens with zero attached hydrogens (tertiary/aromatic N) is 3. The molecule has 0 radical (unpaired) electrons. The van der Waals surface area contributed by atoms with Crippen molar-refractivity contribution in [1.29, 1.82) is 0 Å². The summed E-state index contributed by atoms with van der Waals surface area (Å²) in [5, 5.41) is 2.33. The lowest BCUT2D eigenvalue weighted by atomic mass is 10.2. The zero-order chi connectivity index (χ0) is 17.4. The van der Waals surface area contributed by atoms with Gasteiger partial charge >= 0.3 is 0 Å². The Hall–Kier alpha value is -2.54. The van der Waals surface area contributed by atoms with Crippen molar-refractivity contribution in [1.82, 2.24) is 14.5 Å². The lowest BCUT2D eigenvalue weighted by Crippen LogP contribution is -2.37. The van der Waals surface area contributed by atoms with E-state index in [2.05, 4.69) is 4.98 Å². The van der Waals surface area contributed by atoms with Crippen LogP contribution in [0.3, 0.4) is 0 Å². The molecule has 2 heterocycles. The fourth-order valence-corrected chi connectivity index (χ4v) is 3.58. The zero-order valence-corrected chi connectivity index (χ0v) is 14.2. The van der Waals surface area contributed by atoms with Gasteiger partial charge in [-0.05, 0) is 30.4 Å². The van der Waals surface area contributed by atoms with Gasteiger partial charge in [-0.3, -0.25) is 14.2 Å². The van der Waals surface area contributed by atoms with Gasteiger partial charge in [0.2, 0.25) is 5.91 Å². The van der Waals surface area contributed by atoms with E-state index in [0.717, 1.165) is 12.8 Å². The van der Waals surface area contributed by atoms with Crippen LogP contribution in [0.15, 0.2) is 46.8 Å². The summed E-state index contributed by atoms with van der Waals surface area (Å²) in [6, 6.07) is 8.30. The highest BCUT2D eigenvalue weighted by molar-refractivity contribution is 7.16. The number of thiophene rings is 1. The van der Waals surface area contributed by atoms with Gasteiger partial charge in [0.15, 0.2) is 0 Å². The molecule has 0 aliphatic heterocycles. The molecule has 3 aromatic rings. The van der Waals surface area contributed by atoms with Crippen molar-refractivity contribution in [2.75, 3.05) is 0 Å². The van der Waals surface area contributed by atoms with Gasteiger partial charge in [-0.15, -0.1) is 11.3 Å². The van der Waals surface area contributed by atoms with E-state index in [4.69, 9.17) is 0 Å². The van der Waals surface area contributed by atoms with Gasteiger partial charge < -0.3 is 4.90 Å². The average molecular weight is 357 g/mol. The minimum atomic E-state index is -0.320. The minimum absolute atomic E-state index is 0.0808. The predicted octanol–water partition coefficient (Wildman–Crippen LogP) is 2.79. The minimum Gasteiger partial charge on any atom is -0.334 e. The van der Waals surface area contributed by atoms with Crippen LogP contribution < -0.4 is 5.56 Å². The van der Waals surface area contributed by atoms with Crippen molar-refractivity contribution < 1.29 is 9.18 Å². The van der Waals surface area contributed by atoms with Gasteiger partial charge in [0.05, 0.1) is 11.7 Å². The summed E-state index contributed by atoms with van der Waals surface area (Å²) in [5.74, 6) is -0.510. The molecule has 0 unspecified atom stereocenters. The van der Waals surface area contributed by atoms with Crippen molar-refractivity contribution in [2.24, 2.45) is 0 Å². The summed E-state index contributed by atoms with van der Waals surface area (Å²) < 4.78 is 15.3. The molecule has 1 aliphatic rings. The largest absolute Gasteiger partial charge is 0.334 e. The van der Waals surface area contributed by atoms with Crippen molar-refractivity contribution in [2.45, 2.75) is 32.0 Å². The zero-order valence-electron chi connectivity index (χ0n) is 13.4. The lowest BCUT2D eigenvalue weighted by Gasteiger charge is -2.23. The molecule has 128 valence electrons. The third-order valence-electron chi connectivity index (χ3n) is 4.36. The highest BCUT2D eigenvalue weighted by Crippen LogP contribution is 2.29. The van der Waals surface area contributed by atoms with Gasteiger partial charge in [0, 0.05) is 18.2 Å². The highest BCUT2D eigenvalue weighted by atomic mass is 32.1. The first-order chi connectivity index (χ1) is 12.1. The number of hydrogen-bond donors (Lipinski definition) is 0. The molecule has 5 nitrogen and oxygen atoms in total. The van der Waals surface area contributed by atoms with Gasteiger partial charge in [-0.2, -0.15) is 0 Å². The number of amides is 1. The van der Waals surface area contributed by atoms with Crippen molar-refractivity contribution in [3.05, 3.63) is 63.8 Å². The molecule has 1 aliphatic carbocycles. The van der Waals surface area contributed by atoms with Crippen molar-refractivity contribution in [3.63, 3.8) is 0 Å². The standard InChI is InChI=1S/C18H16FN3O2S/c19-15-4-2-1-3-12(15)9-22(13-5-6-13)16(23)10-21-11-20-17-14(18(21)24)7-8-25-17/h1-4,7-8,11,13H,5-6,9-10H2. The first-order valence-corrected chi connectivity index (χ1v) is 8.97. The molecule has 0 N–H and O–H groups in total. The van der Waals surface area contributed by atoms with E-state index in [9.17, 15) is 14.0 Å². The molecule has 0 saturated heterocycles. The molecule has 2 aromatic heterocycles.